The Balaban J connectivity index is 0.000000658. The molecule has 8 heteroatoms. The summed E-state index contributed by atoms with van der Waals surface area (Å²) in [5.74, 6) is 0.369. The van der Waals surface area contributed by atoms with Crippen LogP contribution in [0, 0.1) is 11.8 Å². The highest BCUT2D eigenvalue weighted by atomic mass is 32.2. The number of rotatable bonds is 8. The molecule has 3 aromatic rings. The predicted molar refractivity (Wildman–Crippen MR) is 142 cm³/mol. The van der Waals surface area contributed by atoms with Crippen LogP contribution in [-0.4, -0.2) is 30.7 Å². The first-order valence-corrected chi connectivity index (χ1v) is 14.3. The molecule has 194 valence electrons. The molecule has 1 unspecified atom stereocenters. The molecule has 3 N–H and O–H groups in total. The normalized spacial score (nSPS) is 14.9. The zero-order valence-corrected chi connectivity index (χ0v) is 22.0. The Kier molecular flexibility index (Phi) is 9.45. The molecule has 1 fully saturated rings. The van der Waals surface area contributed by atoms with Crippen LogP contribution in [-0.2, 0) is 27.8 Å². The number of aromatic nitrogens is 1. The number of aliphatic carboxylic acids is 1. The molecule has 4 rings (SSSR count). The number of carboxylic acid groups (broad SMARTS) is 1. The Morgan fingerprint density at radius 3 is 2.42 bits per heavy atom. The minimum atomic E-state index is -3.17. The first-order chi connectivity index (χ1) is 17.0. The van der Waals surface area contributed by atoms with Gasteiger partial charge < -0.3 is 9.84 Å². The molecular formula is C28H36N2O5S. The van der Waals surface area contributed by atoms with Gasteiger partial charge in [0.1, 0.15) is 12.4 Å². The van der Waals surface area contributed by atoms with Gasteiger partial charge in [-0.1, -0.05) is 63.1 Å². The summed E-state index contributed by atoms with van der Waals surface area (Å²) in [6.07, 6.45) is 6.06. The highest BCUT2D eigenvalue weighted by Crippen LogP contribution is 2.39. The lowest BCUT2D eigenvalue weighted by molar-refractivity contribution is -0.140. The maximum atomic E-state index is 12.1. The summed E-state index contributed by atoms with van der Waals surface area (Å²) in [6.45, 7) is 4.74. The topological polar surface area (TPSA) is 120 Å². The number of ether oxygens (including phenoxy) is 1. The molecular weight excluding hydrogens is 476 g/mol. The van der Waals surface area contributed by atoms with Crippen LogP contribution in [0.4, 0.5) is 0 Å². The van der Waals surface area contributed by atoms with Crippen LogP contribution < -0.4 is 9.88 Å². The highest BCUT2D eigenvalue weighted by Gasteiger charge is 2.32. The summed E-state index contributed by atoms with van der Waals surface area (Å²) in [5, 5.41) is 15.4. The molecule has 1 aliphatic rings. The molecule has 0 saturated heterocycles. The van der Waals surface area contributed by atoms with E-state index in [0.717, 1.165) is 71.8 Å². The molecule has 0 spiro atoms. The van der Waals surface area contributed by atoms with Gasteiger partial charge in [-0.25, -0.2) is 18.5 Å². The molecule has 0 amide bonds. The lowest BCUT2D eigenvalue weighted by Gasteiger charge is -2.22. The Morgan fingerprint density at radius 2 is 1.78 bits per heavy atom. The lowest BCUT2D eigenvalue weighted by Crippen LogP contribution is -2.20. The van der Waals surface area contributed by atoms with E-state index in [-0.39, 0.29) is 5.92 Å². The second-order valence-electron chi connectivity index (χ2n) is 9.94. The average Bonchev–Trinajstić information content (AvgIpc) is 3.31. The minimum absolute atomic E-state index is 0.234. The monoisotopic (exact) mass is 512 g/mol. The fourth-order valence-electron chi connectivity index (χ4n) is 4.78. The molecule has 36 heavy (non-hydrogen) atoms. The first-order valence-electron chi connectivity index (χ1n) is 12.3. The van der Waals surface area contributed by atoms with E-state index in [4.69, 9.17) is 9.72 Å². The fourth-order valence-corrected chi connectivity index (χ4v) is 4.78. The number of carbonyl (C=O) groups is 1. The molecule has 7 nitrogen and oxygen atoms in total. The van der Waals surface area contributed by atoms with Crippen molar-refractivity contribution in [1.82, 2.24) is 4.98 Å². The zero-order valence-electron chi connectivity index (χ0n) is 21.2. The van der Waals surface area contributed by atoms with Gasteiger partial charge in [0.2, 0.25) is 10.0 Å². The number of para-hydroxylation sites is 1. The number of carboxylic acids is 1. The smallest absolute Gasteiger partial charge is 0.311 e. The van der Waals surface area contributed by atoms with E-state index in [9.17, 15) is 18.3 Å². The van der Waals surface area contributed by atoms with E-state index in [2.05, 4.69) is 37.2 Å². The van der Waals surface area contributed by atoms with Gasteiger partial charge in [-0.15, -0.1) is 0 Å². The van der Waals surface area contributed by atoms with E-state index in [1.54, 1.807) is 0 Å². The van der Waals surface area contributed by atoms with Gasteiger partial charge in [-0.3, -0.25) is 4.79 Å². The summed E-state index contributed by atoms with van der Waals surface area (Å²) in [4.78, 5) is 16.8. The number of pyridine rings is 1. The van der Waals surface area contributed by atoms with Gasteiger partial charge in [-0.05, 0) is 60.4 Å². The highest BCUT2D eigenvalue weighted by molar-refractivity contribution is 7.88. The van der Waals surface area contributed by atoms with Gasteiger partial charge in [-0.2, -0.15) is 0 Å². The maximum Gasteiger partial charge on any atom is 0.311 e. The lowest BCUT2D eigenvalue weighted by atomic mass is 9.83. The van der Waals surface area contributed by atoms with Crippen molar-refractivity contribution in [3.63, 3.8) is 0 Å². The molecule has 1 saturated carbocycles. The Hall–Kier alpha value is -2.97. The molecule has 1 aromatic heterocycles. The van der Waals surface area contributed by atoms with Crippen LogP contribution in [0.1, 0.15) is 62.3 Å². The predicted octanol–water partition coefficient (Wildman–Crippen LogP) is 5.28. The Morgan fingerprint density at radius 1 is 1.11 bits per heavy atom. The summed E-state index contributed by atoms with van der Waals surface area (Å²) in [7, 11) is -3.17. The van der Waals surface area contributed by atoms with Crippen molar-refractivity contribution in [3.8, 4) is 5.75 Å². The number of hydrogen-bond donors (Lipinski definition) is 2. The van der Waals surface area contributed by atoms with E-state index in [1.807, 2.05) is 36.4 Å². The molecule has 1 atom stereocenters. The third-order valence-corrected chi connectivity index (χ3v) is 6.24. The summed E-state index contributed by atoms with van der Waals surface area (Å²) < 4.78 is 25.0. The number of nitrogens with zero attached hydrogens (tertiary/aromatic N) is 1. The van der Waals surface area contributed by atoms with Crippen LogP contribution >= 0.6 is 0 Å². The van der Waals surface area contributed by atoms with Crippen molar-refractivity contribution in [2.75, 3.05) is 6.26 Å². The second kappa shape index (κ2) is 12.3. The maximum absolute atomic E-state index is 12.1. The number of nitrogens with two attached hydrogens (primary N) is 1. The van der Waals surface area contributed by atoms with Gasteiger partial charge in [0.05, 0.1) is 23.4 Å². The molecule has 0 bridgehead atoms. The number of sulfonamides is 1. The summed E-state index contributed by atoms with van der Waals surface area (Å²) in [6, 6.07) is 18.1. The van der Waals surface area contributed by atoms with Crippen molar-refractivity contribution < 1.29 is 23.1 Å². The zero-order chi connectivity index (χ0) is 26.3. The first kappa shape index (κ1) is 27.6. The number of benzene rings is 2. The van der Waals surface area contributed by atoms with E-state index < -0.39 is 21.9 Å². The largest absolute Gasteiger partial charge is 0.487 e. The second-order valence-corrected chi connectivity index (χ2v) is 11.6. The van der Waals surface area contributed by atoms with Gasteiger partial charge in [0, 0.05) is 5.39 Å². The van der Waals surface area contributed by atoms with Crippen molar-refractivity contribution in [3.05, 3.63) is 71.4 Å². The average molecular weight is 513 g/mol. The number of primary sulfonamides is 1. The standard InChI is InChI=1S/C27H31NO3.CH5NO2S/c1-18(2)15-22-16-21(26(27(29)30)20-8-3-4-9-20)12-14-25(22)31-17-23-13-11-19-7-5-6-10-24(19)28-23;1-5(2,3)4/h5-7,10-14,16,18,20,26H,3-4,8-9,15,17H2,1-2H3,(H,29,30);1H3,(H2,2,3,4). The van der Waals surface area contributed by atoms with Crippen LogP contribution in [0.15, 0.2) is 54.6 Å². The van der Waals surface area contributed by atoms with Crippen LogP contribution in [0.25, 0.3) is 10.9 Å². The third-order valence-electron chi connectivity index (χ3n) is 6.24. The molecule has 2 aromatic carbocycles. The molecule has 0 radical (unpaired) electrons. The van der Waals surface area contributed by atoms with Crippen LogP contribution in [0.5, 0.6) is 5.75 Å². The number of hydrogen-bond acceptors (Lipinski definition) is 5. The minimum Gasteiger partial charge on any atom is -0.487 e. The van der Waals surface area contributed by atoms with Gasteiger partial charge >= 0.3 is 5.97 Å². The molecule has 0 aliphatic heterocycles. The van der Waals surface area contributed by atoms with Crippen molar-refractivity contribution >= 4 is 26.9 Å². The number of fused-ring (bicyclic) bond motifs is 1. The molecule has 1 heterocycles. The summed E-state index contributed by atoms with van der Waals surface area (Å²) >= 11 is 0. The van der Waals surface area contributed by atoms with Crippen molar-refractivity contribution in [2.45, 2.75) is 58.5 Å². The van der Waals surface area contributed by atoms with Crippen molar-refractivity contribution in [1.29, 1.82) is 0 Å². The summed E-state index contributed by atoms with van der Waals surface area (Å²) in [5.41, 5.74) is 3.83. The van der Waals surface area contributed by atoms with Crippen LogP contribution in [0.3, 0.4) is 0 Å². The third kappa shape index (κ3) is 8.31. The quantitative estimate of drug-likeness (QED) is 0.424. The van der Waals surface area contributed by atoms with Crippen LogP contribution in [0.2, 0.25) is 0 Å². The molecule has 1 aliphatic carbocycles. The van der Waals surface area contributed by atoms with E-state index >= 15 is 0 Å². The van der Waals surface area contributed by atoms with Gasteiger partial charge in [0.25, 0.3) is 0 Å². The van der Waals surface area contributed by atoms with Crippen molar-refractivity contribution in [2.24, 2.45) is 17.0 Å². The fraction of sp³-hybridized carbons (Fsp3) is 0.429. The van der Waals surface area contributed by atoms with E-state index in [1.165, 1.54) is 0 Å². The SMILES string of the molecule is CC(C)Cc1cc(C(C(=O)O)C2CCCC2)ccc1OCc1ccc2ccccc2n1.CS(N)(=O)=O. The Labute approximate surface area is 213 Å². The van der Waals surface area contributed by atoms with Gasteiger partial charge in [0.15, 0.2) is 0 Å². The van der Waals surface area contributed by atoms with E-state index in [0.29, 0.717) is 12.5 Å². The Bertz CT molecular complexity index is 1280.